The first kappa shape index (κ1) is 23.0. The molecule has 0 spiro atoms. The van der Waals surface area contributed by atoms with Crippen molar-refractivity contribution in [2.24, 2.45) is 0 Å². The lowest BCUT2D eigenvalue weighted by atomic mass is 9.90. The van der Waals surface area contributed by atoms with Gasteiger partial charge in [0.25, 0.3) is 0 Å². The summed E-state index contributed by atoms with van der Waals surface area (Å²) in [5.74, 6) is 1.70. The molecule has 2 aliphatic rings. The Morgan fingerprint density at radius 3 is 2.74 bits per heavy atom. The van der Waals surface area contributed by atoms with Crippen molar-refractivity contribution in [1.82, 2.24) is 19.4 Å². The van der Waals surface area contributed by atoms with Gasteiger partial charge in [-0.2, -0.15) is 0 Å². The Hall–Kier alpha value is -2.81. The Balaban J connectivity index is 1.65. The summed E-state index contributed by atoms with van der Waals surface area (Å²) in [7, 11) is 3.91. The van der Waals surface area contributed by atoms with Gasteiger partial charge in [-0.15, -0.1) is 0 Å². The first-order valence-corrected chi connectivity index (χ1v) is 12.0. The number of piperidine rings is 1. The van der Waals surface area contributed by atoms with Crippen LogP contribution in [-0.2, 0) is 19.9 Å². The lowest BCUT2D eigenvalue weighted by Gasteiger charge is -2.28. The van der Waals surface area contributed by atoms with E-state index in [1.54, 1.807) is 7.11 Å². The van der Waals surface area contributed by atoms with Crippen LogP contribution in [0.2, 0.25) is 0 Å². The van der Waals surface area contributed by atoms with E-state index >= 15 is 0 Å². The molecule has 1 N–H and O–H groups in total. The third-order valence-electron chi connectivity index (χ3n) is 7.23. The topological polar surface area (TPSA) is 81.5 Å². The van der Waals surface area contributed by atoms with Crippen LogP contribution in [0.5, 0.6) is 0 Å². The third kappa shape index (κ3) is 4.21. The number of amides is 1. The van der Waals surface area contributed by atoms with Gasteiger partial charge in [0.05, 0.1) is 17.8 Å². The highest BCUT2D eigenvalue weighted by atomic mass is 16.5. The fourth-order valence-corrected chi connectivity index (χ4v) is 5.25. The molecule has 0 saturated carbocycles. The molecule has 0 radical (unpaired) electrons. The number of rotatable bonds is 5. The summed E-state index contributed by atoms with van der Waals surface area (Å²) in [6, 6.07) is 6.14. The zero-order valence-corrected chi connectivity index (χ0v) is 20.4. The number of carbonyl (C=O) groups excluding carboxylic acids is 1. The smallest absolute Gasteiger partial charge is 0.222 e. The zero-order valence-electron chi connectivity index (χ0n) is 20.4. The summed E-state index contributed by atoms with van der Waals surface area (Å²) in [5.41, 5.74) is 3.76. The third-order valence-corrected chi connectivity index (χ3v) is 7.23. The molecule has 0 aromatic carbocycles. The lowest BCUT2D eigenvalue weighted by Crippen LogP contribution is -2.30. The number of likely N-dealkylation sites (tertiary alicyclic amines) is 1. The van der Waals surface area contributed by atoms with Gasteiger partial charge >= 0.3 is 0 Å². The molecule has 2 aliphatic heterocycles. The van der Waals surface area contributed by atoms with Gasteiger partial charge in [-0.3, -0.25) is 4.79 Å². The van der Waals surface area contributed by atoms with Crippen LogP contribution in [0.1, 0.15) is 48.9 Å². The molecule has 2 saturated heterocycles. The fraction of sp³-hybridized carbons (Fsp3) is 0.500. The van der Waals surface area contributed by atoms with Gasteiger partial charge in [0.15, 0.2) is 0 Å². The first-order valence-electron chi connectivity index (χ1n) is 12.0. The maximum Gasteiger partial charge on any atom is 0.222 e. The Kier molecular flexibility index (Phi) is 6.14. The Morgan fingerprint density at radius 2 is 2.06 bits per heavy atom. The molecule has 8 nitrogen and oxygen atoms in total. The van der Waals surface area contributed by atoms with E-state index in [9.17, 15) is 4.79 Å². The van der Waals surface area contributed by atoms with Crippen LogP contribution in [0.4, 0.5) is 5.82 Å². The number of aryl methyl sites for hydroxylation is 1. The van der Waals surface area contributed by atoms with Gasteiger partial charge < -0.3 is 24.3 Å². The van der Waals surface area contributed by atoms with E-state index in [4.69, 9.17) is 14.5 Å². The Labute approximate surface area is 200 Å². The predicted molar refractivity (Wildman–Crippen MR) is 132 cm³/mol. The van der Waals surface area contributed by atoms with E-state index in [1.165, 1.54) is 12.5 Å². The van der Waals surface area contributed by atoms with Crippen LogP contribution in [0.3, 0.4) is 0 Å². The van der Waals surface area contributed by atoms with E-state index in [0.29, 0.717) is 24.9 Å². The van der Waals surface area contributed by atoms with Crippen LogP contribution in [-0.4, -0.2) is 65.8 Å². The number of fused-ring (bicyclic) bond motifs is 1. The van der Waals surface area contributed by atoms with Crippen molar-refractivity contribution in [3.63, 3.8) is 0 Å². The molecular formula is C26H33N5O3. The standard InChI is InChI=1S/C26H33N5O3/c1-17-11-23(26(33-4)7-10-34-16-26)29-25(12-17)31-15-21(19-5-8-30(3)9-6-19)20-14-27-24(13-22(20)31)28-18(2)32/h11-15,19H,5-10,16H2,1-4H3,(H,27,28,32)/t26-/m0/s1. The van der Waals surface area contributed by atoms with Crippen molar-refractivity contribution in [1.29, 1.82) is 0 Å². The second-order valence-electron chi connectivity index (χ2n) is 9.69. The number of methoxy groups -OCH3 is 1. The van der Waals surface area contributed by atoms with Crippen molar-refractivity contribution in [3.8, 4) is 5.82 Å². The number of anilines is 1. The number of ether oxygens (including phenoxy) is 2. The quantitative estimate of drug-likeness (QED) is 0.621. The maximum absolute atomic E-state index is 11.7. The fourth-order valence-electron chi connectivity index (χ4n) is 5.25. The van der Waals surface area contributed by atoms with E-state index < -0.39 is 5.60 Å². The molecule has 1 amide bonds. The number of carbonyl (C=O) groups is 1. The van der Waals surface area contributed by atoms with Gasteiger partial charge in [-0.25, -0.2) is 9.97 Å². The normalized spacial score (nSPS) is 21.9. The van der Waals surface area contributed by atoms with Crippen LogP contribution in [0, 0.1) is 6.92 Å². The second kappa shape index (κ2) is 9.09. The van der Waals surface area contributed by atoms with Crippen molar-refractivity contribution in [3.05, 3.63) is 47.4 Å². The van der Waals surface area contributed by atoms with E-state index in [1.807, 2.05) is 12.3 Å². The van der Waals surface area contributed by atoms with Gasteiger partial charge in [0, 0.05) is 50.9 Å². The van der Waals surface area contributed by atoms with Gasteiger partial charge in [0.2, 0.25) is 5.91 Å². The molecule has 0 bridgehead atoms. The van der Waals surface area contributed by atoms with Crippen LogP contribution >= 0.6 is 0 Å². The summed E-state index contributed by atoms with van der Waals surface area (Å²) in [6.07, 6.45) is 7.11. The minimum atomic E-state index is -0.524. The molecule has 0 unspecified atom stereocenters. The monoisotopic (exact) mass is 463 g/mol. The first-order chi connectivity index (χ1) is 16.4. The SMILES string of the molecule is CO[C@@]1(c2cc(C)cc(-n3cc(C4CCN(C)CC4)c4cnc(NC(C)=O)cc43)n2)CCOC1. The van der Waals surface area contributed by atoms with Crippen LogP contribution in [0.25, 0.3) is 16.7 Å². The Bertz CT molecular complexity index is 1210. The average Bonchev–Trinajstić information content (AvgIpc) is 3.44. The van der Waals surface area contributed by atoms with E-state index in [2.05, 4.69) is 52.1 Å². The summed E-state index contributed by atoms with van der Waals surface area (Å²) in [4.78, 5) is 23.7. The van der Waals surface area contributed by atoms with Crippen LogP contribution < -0.4 is 5.32 Å². The number of aromatic nitrogens is 3. The summed E-state index contributed by atoms with van der Waals surface area (Å²) in [5, 5.41) is 3.94. The molecule has 0 aliphatic carbocycles. The number of hydrogen-bond donors (Lipinski definition) is 1. The number of nitrogens with one attached hydrogen (secondary N) is 1. The molecule has 5 rings (SSSR count). The molecule has 34 heavy (non-hydrogen) atoms. The number of hydrogen-bond acceptors (Lipinski definition) is 6. The molecule has 3 aromatic heterocycles. The van der Waals surface area contributed by atoms with E-state index in [0.717, 1.165) is 60.3 Å². The number of pyridine rings is 2. The summed E-state index contributed by atoms with van der Waals surface area (Å²) in [6.45, 7) is 6.91. The zero-order chi connectivity index (χ0) is 23.9. The van der Waals surface area contributed by atoms with Crippen molar-refractivity contribution in [2.45, 2.75) is 44.6 Å². The summed E-state index contributed by atoms with van der Waals surface area (Å²) < 4.78 is 13.8. The molecule has 8 heteroatoms. The predicted octanol–water partition coefficient (Wildman–Crippen LogP) is 3.76. The van der Waals surface area contributed by atoms with Crippen LogP contribution in [0.15, 0.2) is 30.6 Å². The minimum Gasteiger partial charge on any atom is -0.378 e. The Morgan fingerprint density at radius 1 is 1.26 bits per heavy atom. The minimum absolute atomic E-state index is 0.139. The van der Waals surface area contributed by atoms with Crippen molar-refractivity contribution in [2.75, 3.05) is 45.8 Å². The van der Waals surface area contributed by atoms with Crippen molar-refractivity contribution >= 4 is 22.6 Å². The number of nitrogens with zero attached hydrogens (tertiary/aromatic N) is 4. The van der Waals surface area contributed by atoms with Gasteiger partial charge in [-0.1, -0.05) is 0 Å². The lowest BCUT2D eigenvalue weighted by molar-refractivity contribution is -0.114. The highest BCUT2D eigenvalue weighted by Crippen LogP contribution is 2.37. The molecule has 2 fully saturated rings. The summed E-state index contributed by atoms with van der Waals surface area (Å²) >= 11 is 0. The highest BCUT2D eigenvalue weighted by molar-refractivity contribution is 5.92. The second-order valence-corrected chi connectivity index (χ2v) is 9.69. The molecular weight excluding hydrogens is 430 g/mol. The molecule has 1 atom stereocenters. The molecule has 180 valence electrons. The average molecular weight is 464 g/mol. The molecule has 5 heterocycles. The van der Waals surface area contributed by atoms with Gasteiger partial charge in [0.1, 0.15) is 17.2 Å². The highest BCUT2D eigenvalue weighted by Gasteiger charge is 2.38. The van der Waals surface area contributed by atoms with Crippen molar-refractivity contribution < 1.29 is 14.3 Å². The largest absolute Gasteiger partial charge is 0.378 e. The molecule has 3 aromatic rings. The van der Waals surface area contributed by atoms with Gasteiger partial charge in [-0.05, 0) is 69.1 Å². The maximum atomic E-state index is 11.7. The van der Waals surface area contributed by atoms with E-state index in [-0.39, 0.29) is 5.91 Å².